The monoisotopic (exact) mass is 440 g/mol. The molecule has 31 heavy (non-hydrogen) atoms. The lowest BCUT2D eigenvalue weighted by molar-refractivity contribution is -0.123. The van der Waals surface area contributed by atoms with Gasteiger partial charge in [-0.2, -0.15) is 0 Å². The number of ether oxygens (including phenoxy) is 1. The van der Waals surface area contributed by atoms with Crippen molar-refractivity contribution in [3.63, 3.8) is 0 Å². The number of carbonyl (C=O) groups excluding carboxylic acids is 1. The van der Waals surface area contributed by atoms with Crippen LogP contribution in [0.4, 0.5) is 0 Å². The molecule has 1 atom stereocenters. The molecule has 166 valence electrons. The predicted octanol–water partition coefficient (Wildman–Crippen LogP) is 4.30. The Morgan fingerprint density at radius 3 is 2.48 bits per heavy atom. The highest BCUT2D eigenvalue weighted by atomic mass is 32.2. The number of para-hydroxylation sites is 1. The van der Waals surface area contributed by atoms with Crippen LogP contribution in [-0.2, 0) is 11.8 Å². The summed E-state index contributed by atoms with van der Waals surface area (Å²) in [5.74, 6) is 4.63. The molecular formula is C24H32N4O2S. The molecule has 4 fully saturated rings. The second kappa shape index (κ2) is 8.15. The summed E-state index contributed by atoms with van der Waals surface area (Å²) in [6.07, 6.45) is 8.20. The molecule has 6 rings (SSSR count). The molecule has 0 spiro atoms. The van der Waals surface area contributed by atoms with Crippen LogP contribution in [0.3, 0.4) is 0 Å². The Kier molecular flexibility index (Phi) is 5.49. The largest absolute Gasteiger partial charge is 0.496 e. The fourth-order valence-electron chi connectivity index (χ4n) is 6.78. The van der Waals surface area contributed by atoms with Gasteiger partial charge >= 0.3 is 0 Å². The van der Waals surface area contributed by atoms with Crippen molar-refractivity contribution in [2.24, 2.45) is 30.2 Å². The Hall–Kier alpha value is -2.02. The minimum absolute atomic E-state index is 0.0927. The zero-order chi connectivity index (χ0) is 21.6. The number of thioether (sulfide) groups is 1. The molecule has 1 N–H and O–H groups in total. The third-order valence-electron chi connectivity index (χ3n) is 7.90. The van der Waals surface area contributed by atoms with E-state index in [-0.39, 0.29) is 11.9 Å². The van der Waals surface area contributed by atoms with Crippen LogP contribution in [-0.4, -0.2) is 39.6 Å². The summed E-state index contributed by atoms with van der Waals surface area (Å²) in [6, 6.07) is 8.02. The summed E-state index contributed by atoms with van der Waals surface area (Å²) in [7, 11) is 3.58. The second-order valence-corrected chi connectivity index (χ2v) is 10.9. The van der Waals surface area contributed by atoms with Crippen molar-refractivity contribution in [3.8, 4) is 17.1 Å². The molecule has 4 saturated carbocycles. The topological polar surface area (TPSA) is 69.0 Å². The maximum atomic E-state index is 12.8. The van der Waals surface area contributed by atoms with Gasteiger partial charge in [0.1, 0.15) is 5.75 Å². The van der Waals surface area contributed by atoms with Crippen LogP contribution in [0.15, 0.2) is 29.4 Å². The number of methoxy groups -OCH3 is 1. The summed E-state index contributed by atoms with van der Waals surface area (Å²) < 4.78 is 7.38. The molecule has 2 aromatic rings. The summed E-state index contributed by atoms with van der Waals surface area (Å²) in [5, 5.41) is 12.7. The van der Waals surface area contributed by atoms with Crippen molar-refractivity contribution in [2.75, 3.05) is 12.9 Å². The number of hydrogen-bond acceptors (Lipinski definition) is 5. The van der Waals surface area contributed by atoms with Crippen LogP contribution < -0.4 is 10.1 Å². The zero-order valence-electron chi connectivity index (χ0n) is 18.6. The minimum atomic E-state index is 0.0927. The van der Waals surface area contributed by atoms with Crippen molar-refractivity contribution < 1.29 is 9.53 Å². The van der Waals surface area contributed by atoms with Crippen molar-refractivity contribution in [2.45, 2.75) is 56.6 Å². The first-order valence-electron chi connectivity index (χ1n) is 11.4. The zero-order valence-corrected chi connectivity index (χ0v) is 19.5. The summed E-state index contributed by atoms with van der Waals surface area (Å²) in [5.41, 5.74) is 1.23. The van der Waals surface area contributed by atoms with E-state index in [1.807, 2.05) is 35.9 Å². The number of amides is 1. The van der Waals surface area contributed by atoms with Gasteiger partial charge in [0.15, 0.2) is 11.0 Å². The second-order valence-electron chi connectivity index (χ2n) is 9.92. The Balaban J connectivity index is 1.21. The highest BCUT2D eigenvalue weighted by Crippen LogP contribution is 2.61. The van der Waals surface area contributed by atoms with Gasteiger partial charge < -0.3 is 14.6 Å². The molecule has 7 heteroatoms. The molecule has 4 aliphatic carbocycles. The summed E-state index contributed by atoms with van der Waals surface area (Å²) in [6.45, 7) is 2.23. The van der Waals surface area contributed by atoms with E-state index in [1.165, 1.54) is 50.3 Å². The number of rotatable bonds is 7. The van der Waals surface area contributed by atoms with E-state index in [4.69, 9.17) is 4.74 Å². The lowest BCUT2D eigenvalue weighted by Gasteiger charge is -2.59. The maximum absolute atomic E-state index is 12.8. The van der Waals surface area contributed by atoms with E-state index in [9.17, 15) is 4.79 Å². The fraction of sp³-hybridized carbons (Fsp3) is 0.625. The molecule has 4 aliphatic rings. The van der Waals surface area contributed by atoms with Gasteiger partial charge in [0.2, 0.25) is 5.91 Å². The van der Waals surface area contributed by atoms with Crippen molar-refractivity contribution in [1.82, 2.24) is 20.1 Å². The van der Waals surface area contributed by atoms with Gasteiger partial charge in [-0.3, -0.25) is 4.79 Å². The smallest absolute Gasteiger partial charge is 0.230 e. The summed E-state index contributed by atoms with van der Waals surface area (Å²) in [4.78, 5) is 12.8. The first-order chi connectivity index (χ1) is 15.0. The normalized spacial score (nSPS) is 29.7. The predicted molar refractivity (Wildman–Crippen MR) is 122 cm³/mol. The standard InChI is InChI=1S/C24H32N4O2S/c1-15(24-11-16-8-17(12-24)10-18(9-16)13-24)25-21(29)14-31-23-27-26-22(28(23)2)19-6-4-5-7-20(19)30-3/h4-7,15-18H,8-14H2,1-3H3,(H,25,29). The Morgan fingerprint density at radius 1 is 1.19 bits per heavy atom. The van der Waals surface area contributed by atoms with Crippen LogP contribution in [0.5, 0.6) is 5.75 Å². The lowest BCUT2D eigenvalue weighted by Crippen LogP contribution is -2.56. The number of aromatic nitrogens is 3. The molecule has 1 aromatic heterocycles. The Bertz CT molecular complexity index is 937. The van der Waals surface area contributed by atoms with Crippen LogP contribution in [0.25, 0.3) is 11.4 Å². The molecule has 1 amide bonds. The SMILES string of the molecule is COc1ccccc1-c1nnc(SCC(=O)NC(C)C23CC4CC(CC(C4)C2)C3)n1C. The van der Waals surface area contributed by atoms with Crippen LogP contribution in [0, 0.1) is 23.2 Å². The Labute approximate surface area is 188 Å². The number of hydrogen-bond donors (Lipinski definition) is 1. The van der Waals surface area contributed by atoms with Gasteiger partial charge in [0.05, 0.1) is 18.4 Å². The molecule has 1 unspecified atom stereocenters. The highest BCUT2D eigenvalue weighted by Gasteiger charge is 2.53. The van der Waals surface area contributed by atoms with Gasteiger partial charge in [0, 0.05) is 13.1 Å². The van der Waals surface area contributed by atoms with E-state index >= 15 is 0 Å². The molecule has 0 radical (unpaired) electrons. The first-order valence-corrected chi connectivity index (χ1v) is 12.4. The van der Waals surface area contributed by atoms with Gasteiger partial charge in [-0.1, -0.05) is 23.9 Å². The quantitative estimate of drug-likeness (QED) is 0.650. The molecule has 1 aromatic carbocycles. The average molecular weight is 441 g/mol. The van der Waals surface area contributed by atoms with Crippen LogP contribution in [0.1, 0.15) is 45.4 Å². The van der Waals surface area contributed by atoms with Crippen molar-refractivity contribution in [3.05, 3.63) is 24.3 Å². The van der Waals surface area contributed by atoms with E-state index in [1.54, 1.807) is 7.11 Å². The fourth-order valence-corrected chi connectivity index (χ4v) is 7.50. The number of nitrogens with zero attached hydrogens (tertiary/aromatic N) is 3. The lowest BCUT2D eigenvalue weighted by atomic mass is 9.48. The first kappa shape index (κ1) is 20.9. The molecule has 1 heterocycles. The number of nitrogens with one attached hydrogen (secondary N) is 1. The molecular weight excluding hydrogens is 408 g/mol. The van der Waals surface area contributed by atoms with E-state index in [0.29, 0.717) is 11.2 Å². The van der Waals surface area contributed by atoms with Crippen molar-refractivity contribution in [1.29, 1.82) is 0 Å². The third kappa shape index (κ3) is 3.86. The number of benzene rings is 1. The van der Waals surface area contributed by atoms with E-state index in [0.717, 1.165) is 40.0 Å². The molecule has 0 saturated heterocycles. The average Bonchev–Trinajstić information content (AvgIpc) is 3.11. The van der Waals surface area contributed by atoms with Crippen LogP contribution in [0.2, 0.25) is 0 Å². The van der Waals surface area contributed by atoms with Gasteiger partial charge in [-0.15, -0.1) is 10.2 Å². The maximum Gasteiger partial charge on any atom is 0.230 e. The van der Waals surface area contributed by atoms with Crippen molar-refractivity contribution >= 4 is 17.7 Å². The Morgan fingerprint density at radius 2 is 1.84 bits per heavy atom. The molecule has 0 aliphatic heterocycles. The third-order valence-corrected chi connectivity index (χ3v) is 8.92. The van der Waals surface area contributed by atoms with Crippen LogP contribution >= 0.6 is 11.8 Å². The van der Waals surface area contributed by atoms with Gasteiger partial charge in [-0.05, 0) is 80.8 Å². The minimum Gasteiger partial charge on any atom is -0.496 e. The molecule has 4 bridgehead atoms. The van der Waals surface area contributed by atoms with E-state index < -0.39 is 0 Å². The molecule has 6 nitrogen and oxygen atoms in total. The van der Waals surface area contributed by atoms with E-state index in [2.05, 4.69) is 22.4 Å². The van der Waals surface area contributed by atoms with Gasteiger partial charge in [-0.25, -0.2) is 0 Å². The summed E-state index contributed by atoms with van der Waals surface area (Å²) >= 11 is 1.44. The highest BCUT2D eigenvalue weighted by molar-refractivity contribution is 7.99. The van der Waals surface area contributed by atoms with Gasteiger partial charge in [0.25, 0.3) is 0 Å². The number of carbonyl (C=O) groups is 1.